The van der Waals surface area contributed by atoms with Crippen LogP contribution < -0.4 is 11.0 Å². The Balaban J connectivity index is 1.32. The summed E-state index contributed by atoms with van der Waals surface area (Å²) in [5.74, 6) is 1.31. The molecule has 4 fully saturated rings. The van der Waals surface area contributed by atoms with Crippen molar-refractivity contribution in [3.8, 4) is 0 Å². The van der Waals surface area contributed by atoms with E-state index in [-0.39, 0.29) is 5.60 Å². The zero-order valence-corrected chi connectivity index (χ0v) is 14.8. The van der Waals surface area contributed by atoms with Crippen LogP contribution in [-0.4, -0.2) is 22.2 Å². The van der Waals surface area contributed by atoms with Crippen molar-refractivity contribution < 1.29 is 18.0 Å². The zero-order valence-electron chi connectivity index (χ0n) is 14.0. The summed E-state index contributed by atoms with van der Waals surface area (Å²) < 4.78 is 39.1. The van der Waals surface area contributed by atoms with Gasteiger partial charge in [-0.05, 0) is 62.1 Å². The van der Waals surface area contributed by atoms with E-state index in [1.165, 1.54) is 43.1 Å². The van der Waals surface area contributed by atoms with Gasteiger partial charge in [0.1, 0.15) is 5.60 Å². The Morgan fingerprint density at radius 3 is 2.77 bits per heavy atom. The lowest BCUT2D eigenvalue weighted by Gasteiger charge is -2.47. The molecule has 9 heteroatoms. The number of hydrazine groups is 2. The highest BCUT2D eigenvalue weighted by Gasteiger charge is 2.53. The third kappa shape index (κ3) is 2.77. The maximum atomic E-state index is 12.9. The lowest BCUT2D eigenvalue weighted by atomic mass is 9.62. The SMILES string of the molecule is FC(F)(F)c1ccc2nc(NN3CC4(CC5CCC4CC5)ON3)sc2c1. The number of rotatable bonds is 2. The van der Waals surface area contributed by atoms with Crippen LogP contribution in [0.1, 0.15) is 37.7 Å². The van der Waals surface area contributed by atoms with Gasteiger partial charge in [-0.2, -0.15) is 13.2 Å². The quantitative estimate of drug-likeness (QED) is 0.807. The lowest BCUT2D eigenvalue weighted by Crippen LogP contribution is -2.50. The zero-order chi connectivity index (χ0) is 17.9. The Morgan fingerprint density at radius 1 is 1.27 bits per heavy atom. The van der Waals surface area contributed by atoms with Crippen molar-refractivity contribution in [2.45, 2.75) is 43.9 Å². The van der Waals surface area contributed by atoms with Gasteiger partial charge in [0.2, 0.25) is 0 Å². The molecule has 3 aliphatic carbocycles. The fourth-order valence-corrected chi connectivity index (χ4v) is 5.58. The molecule has 2 bridgehead atoms. The molecule has 1 unspecified atom stereocenters. The Morgan fingerprint density at radius 2 is 2.08 bits per heavy atom. The van der Waals surface area contributed by atoms with Crippen LogP contribution in [0.2, 0.25) is 0 Å². The van der Waals surface area contributed by atoms with Gasteiger partial charge in [0.25, 0.3) is 0 Å². The van der Waals surface area contributed by atoms with Crippen molar-refractivity contribution in [2.24, 2.45) is 11.8 Å². The summed E-state index contributed by atoms with van der Waals surface area (Å²) in [7, 11) is 0. The number of anilines is 1. The van der Waals surface area contributed by atoms with E-state index in [2.05, 4.69) is 16.0 Å². The lowest BCUT2D eigenvalue weighted by molar-refractivity contribution is -0.146. The van der Waals surface area contributed by atoms with Gasteiger partial charge < -0.3 is 0 Å². The molecule has 5 nitrogen and oxygen atoms in total. The van der Waals surface area contributed by atoms with E-state index in [9.17, 15) is 13.2 Å². The molecule has 140 valence electrons. The summed E-state index contributed by atoms with van der Waals surface area (Å²) in [6.07, 6.45) is 1.73. The predicted molar refractivity (Wildman–Crippen MR) is 92.0 cm³/mol. The van der Waals surface area contributed by atoms with Crippen LogP contribution in [0.5, 0.6) is 0 Å². The van der Waals surface area contributed by atoms with Gasteiger partial charge in [-0.1, -0.05) is 11.3 Å². The first kappa shape index (κ1) is 16.7. The summed E-state index contributed by atoms with van der Waals surface area (Å²) in [4.78, 5) is 10.4. The van der Waals surface area contributed by atoms with Crippen LogP contribution in [0.4, 0.5) is 18.3 Å². The van der Waals surface area contributed by atoms with E-state index in [0.717, 1.165) is 24.5 Å². The summed E-state index contributed by atoms with van der Waals surface area (Å²) in [5, 5.41) is 2.32. The minimum absolute atomic E-state index is 0.158. The molecule has 1 saturated heterocycles. The summed E-state index contributed by atoms with van der Waals surface area (Å²) in [6.45, 7) is 0.706. The second-order valence-electron chi connectivity index (χ2n) is 7.58. The predicted octanol–water partition coefficient (Wildman–Crippen LogP) is 4.34. The highest BCUT2D eigenvalue weighted by molar-refractivity contribution is 7.22. The summed E-state index contributed by atoms with van der Waals surface area (Å²) >= 11 is 1.21. The molecule has 1 aromatic carbocycles. The fourth-order valence-electron chi connectivity index (χ4n) is 4.67. The second-order valence-corrected chi connectivity index (χ2v) is 8.61. The van der Waals surface area contributed by atoms with Crippen molar-refractivity contribution in [3.63, 3.8) is 0 Å². The fraction of sp³-hybridized carbons (Fsp3) is 0.588. The van der Waals surface area contributed by atoms with Crippen LogP contribution in [0.15, 0.2) is 18.2 Å². The number of thiazole rings is 1. The molecule has 1 atom stereocenters. The first-order valence-corrected chi connectivity index (χ1v) is 9.69. The first-order valence-electron chi connectivity index (χ1n) is 8.87. The molecule has 1 aliphatic heterocycles. The summed E-state index contributed by atoms with van der Waals surface area (Å²) in [6, 6.07) is 3.62. The molecule has 6 rings (SSSR count). The van der Waals surface area contributed by atoms with Crippen LogP contribution >= 0.6 is 11.3 Å². The van der Waals surface area contributed by atoms with E-state index in [1.54, 1.807) is 5.12 Å². The van der Waals surface area contributed by atoms with Gasteiger partial charge in [0, 0.05) is 0 Å². The minimum Gasteiger partial charge on any atom is -0.279 e. The van der Waals surface area contributed by atoms with Crippen LogP contribution in [0.3, 0.4) is 0 Å². The number of fused-ring (bicyclic) bond motifs is 3. The number of hydrogen-bond donors (Lipinski definition) is 2. The second kappa shape index (κ2) is 5.79. The number of hydrogen-bond acceptors (Lipinski definition) is 6. The van der Waals surface area contributed by atoms with Crippen molar-refractivity contribution in [2.75, 3.05) is 12.0 Å². The van der Waals surface area contributed by atoms with Crippen LogP contribution in [0, 0.1) is 11.8 Å². The Kier molecular flexibility index (Phi) is 3.72. The standard InChI is InChI=1S/C17H19F3N4OS/c18-17(19,20)12-5-6-13-14(7-12)26-15(21-13)22-24-9-16(25-23-24)8-10-1-3-11(16)4-2-10/h5-7,10-11,23H,1-4,8-9H2,(H,21,22). The van der Waals surface area contributed by atoms with Crippen LogP contribution in [0.25, 0.3) is 10.2 Å². The first-order chi connectivity index (χ1) is 12.4. The van der Waals surface area contributed by atoms with E-state index >= 15 is 0 Å². The van der Waals surface area contributed by atoms with E-state index in [1.807, 2.05) is 0 Å². The van der Waals surface area contributed by atoms with E-state index in [0.29, 0.717) is 27.8 Å². The highest BCUT2D eigenvalue weighted by atomic mass is 32.1. The molecule has 2 aromatic rings. The van der Waals surface area contributed by atoms with Gasteiger partial charge in [0.05, 0.1) is 22.3 Å². The van der Waals surface area contributed by atoms with Gasteiger partial charge in [-0.3, -0.25) is 10.3 Å². The Hall–Kier alpha value is -1.42. The number of aromatic nitrogens is 1. The average molecular weight is 384 g/mol. The van der Waals surface area contributed by atoms with Crippen molar-refractivity contribution in [1.29, 1.82) is 0 Å². The maximum absolute atomic E-state index is 12.9. The summed E-state index contributed by atoms with van der Waals surface area (Å²) in [5.41, 5.74) is 5.82. The molecular formula is C17H19F3N4OS. The van der Waals surface area contributed by atoms with Crippen molar-refractivity contribution in [3.05, 3.63) is 23.8 Å². The smallest absolute Gasteiger partial charge is 0.279 e. The van der Waals surface area contributed by atoms with Gasteiger partial charge in [0.15, 0.2) is 5.13 Å². The number of halogens is 3. The average Bonchev–Trinajstić information content (AvgIpc) is 3.18. The van der Waals surface area contributed by atoms with Gasteiger partial charge in [-0.15, -0.1) is 10.7 Å². The largest absolute Gasteiger partial charge is 0.416 e. The topological polar surface area (TPSA) is 49.4 Å². The molecule has 2 N–H and O–H groups in total. The van der Waals surface area contributed by atoms with Crippen LogP contribution in [-0.2, 0) is 11.0 Å². The number of alkyl halides is 3. The molecule has 0 radical (unpaired) electrons. The van der Waals surface area contributed by atoms with E-state index < -0.39 is 11.7 Å². The minimum atomic E-state index is -4.34. The van der Waals surface area contributed by atoms with Crippen molar-refractivity contribution in [1.82, 2.24) is 15.7 Å². The third-order valence-corrected chi connectivity index (χ3v) is 6.88. The molecule has 4 aliphatic rings. The molecule has 1 aromatic heterocycles. The van der Waals surface area contributed by atoms with Gasteiger partial charge in [-0.25, -0.2) is 4.98 Å². The molecule has 1 spiro atoms. The molecule has 0 amide bonds. The highest BCUT2D eigenvalue weighted by Crippen LogP contribution is 2.50. The van der Waals surface area contributed by atoms with Gasteiger partial charge >= 0.3 is 6.18 Å². The molecule has 26 heavy (non-hydrogen) atoms. The number of benzene rings is 1. The van der Waals surface area contributed by atoms with E-state index in [4.69, 9.17) is 4.84 Å². The number of nitrogens with zero attached hydrogens (tertiary/aromatic N) is 2. The van der Waals surface area contributed by atoms with Crippen molar-refractivity contribution >= 4 is 26.7 Å². The molecule has 3 saturated carbocycles. The third-order valence-electron chi connectivity index (χ3n) is 5.96. The molecular weight excluding hydrogens is 365 g/mol. The molecule has 2 heterocycles. The number of nitrogens with one attached hydrogen (secondary N) is 2. The maximum Gasteiger partial charge on any atom is 0.416 e. The Labute approximate surface area is 152 Å². The monoisotopic (exact) mass is 384 g/mol. The Bertz CT molecular complexity index is 833. The normalized spacial score (nSPS) is 32.0.